The molecule has 0 radical (unpaired) electrons. The van der Waals surface area contributed by atoms with Crippen molar-refractivity contribution in [3.05, 3.63) is 54.5 Å². The lowest BCUT2D eigenvalue weighted by atomic mass is 10.0. The first-order valence-electron chi connectivity index (χ1n) is 8.01. The van der Waals surface area contributed by atoms with E-state index in [0.29, 0.717) is 22.2 Å². The average Bonchev–Trinajstić information content (AvgIpc) is 3.40. The second-order valence-electron chi connectivity index (χ2n) is 6.01. The van der Waals surface area contributed by atoms with Gasteiger partial charge in [-0.15, -0.1) is 0 Å². The van der Waals surface area contributed by atoms with Crippen molar-refractivity contribution in [2.45, 2.75) is 25.5 Å². The number of halogens is 3. The molecule has 2 aromatic carbocycles. The van der Waals surface area contributed by atoms with E-state index in [-0.39, 0.29) is 17.3 Å². The van der Waals surface area contributed by atoms with Gasteiger partial charge in [-0.1, -0.05) is 18.2 Å². The highest BCUT2D eigenvalue weighted by Gasteiger charge is 2.24. The van der Waals surface area contributed by atoms with Gasteiger partial charge in [0.2, 0.25) is 0 Å². The first kappa shape index (κ1) is 15.7. The van der Waals surface area contributed by atoms with Gasteiger partial charge >= 0.3 is 6.61 Å². The predicted molar refractivity (Wildman–Crippen MR) is 90.4 cm³/mol. The molecule has 0 atom stereocenters. The van der Waals surface area contributed by atoms with Crippen LogP contribution in [-0.4, -0.2) is 17.6 Å². The number of nitrogens with zero attached hydrogens (tertiary/aromatic N) is 1. The summed E-state index contributed by atoms with van der Waals surface area (Å²) in [7, 11) is 0. The zero-order chi connectivity index (χ0) is 17.4. The third-order valence-electron chi connectivity index (χ3n) is 4.13. The van der Waals surface area contributed by atoms with E-state index in [0.717, 1.165) is 12.8 Å². The molecule has 3 nitrogen and oxygen atoms in total. The lowest BCUT2D eigenvalue weighted by Crippen LogP contribution is -2.09. The van der Waals surface area contributed by atoms with Gasteiger partial charge in [0.15, 0.2) is 5.75 Å². The molecule has 0 saturated heterocycles. The van der Waals surface area contributed by atoms with Gasteiger partial charge in [-0.3, -0.25) is 4.98 Å². The Balaban J connectivity index is 1.86. The Labute approximate surface area is 142 Å². The van der Waals surface area contributed by atoms with Crippen LogP contribution in [0.2, 0.25) is 0 Å². The van der Waals surface area contributed by atoms with Crippen LogP contribution < -0.4 is 10.1 Å². The van der Waals surface area contributed by atoms with Gasteiger partial charge in [0.25, 0.3) is 0 Å². The maximum absolute atomic E-state index is 14.4. The zero-order valence-electron chi connectivity index (χ0n) is 13.2. The lowest BCUT2D eigenvalue weighted by molar-refractivity contribution is -0.0489. The number of aromatic nitrogens is 1. The molecule has 25 heavy (non-hydrogen) atoms. The van der Waals surface area contributed by atoms with Crippen molar-refractivity contribution >= 4 is 16.6 Å². The Morgan fingerprint density at radius 1 is 1.12 bits per heavy atom. The number of anilines is 1. The molecule has 1 N–H and O–H groups in total. The zero-order valence-corrected chi connectivity index (χ0v) is 13.2. The minimum atomic E-state index is -2.96. The monoisotopic (exact) mass is 344 g/mol. The maximum Gasteiger partial charge on any atom is 0.387 e. The van der Waals surface area contributed by atoms with Crippen LogP contribution in [0.4, 0.5) is 18.9 Å². The fourth-order valence-electron chi connectivity index (χ4n) is 2.84. The Bertz CT molecular complexity index is 926. The highest BCUT2D eigenvalue weighted by Crippen LogP contribution is 2.40. The molecular weight excluding hydrogens is 329 g/mol. The SMILES string of the molecule is Fc1cc(-c2cccc(NC3CC3)c2OC(F)F)cc2cccnc12. The van der Waals surface area contributed by atoms with Crippen molar-refractivity contribution in [2.75, 3.05) is 5.32 Å². The van der Waals surface area contributed by atoms with Crippen LogP contribution in [0.25, 0.3) is 22.0 Å². The number of pyridine rings is 1. The highest BCUT2D eigenvalue weighted by molar-refractivity contribution is 5.88. The number of fused-ring (bicyclic) bond motifs is 1. The van der Waals surface area contributed by atoms with E-state index in [9.17, 15) is 13.2 Å². The molecule has 0 amide bonds. The number of ether oxygens (including phenoxy) is 1. The second-order valence-corrected chi connectivity index (χ2v) is 6.01. The molecule has 0 spiro atoms. The minimum Gasteiger partial charge on any atom is -0.432 e. The van der Waals surface area contributed by atoms with Crippen molar-refractivity contribution in [3.63, 3.8) is 0 Å². The van der Waals surface area contributed by atoms with E-state index in [2.05, 4.69) is 10.3 Å². The molecule has 3 aromatic rings. The van der Waals surface area contributed by atoms with Gasteiger partial charge in [0.05, 0.1) is 5.69 Å². The number of para-hydroxylation sites is 1. The van der Waals surface area contributed by atoms with Crippen molar-refractivity contribution in [2.24, 2.45) is 0 Å². The van der Waals surface area contributed by atoms with E-state index in [4.69, 9.17) is 4.74 Å². The summed E-state index contributed by atoms with van der Waals surface area (Å²) in [6.45, 7) is -2.96. The summed E-state index contributed by atoms with van der Waals surface area (Å²) >= 11 is 0. The third-order valence-corrected chi connectivity index (χ3v) is 4.13. The Hall–Kier alpha value is -2.76. The van der Waals surface area contributed by atoms with E-state index in [1.807, 2.05) is 0 Å². The largest absolute Gasteiger partial charge is 0.432 e. The first-order valence-corrected chi connectivity index (χ1v) is 8.01. The average molecular weight is 344 g/mol. The molecule has 4 rings (SSSR count). The Kier molecular flexibility index (Phi) is 3.95. The van der Waals surface area contributed by atoms with Gasteiger partial charge in [0, 0.05) is 23.2 Å². The molecule has 1 aromatic heterocycles. The van der Waals surface area contributed by atoms with Crippen LogP contribution in [0.3, 0.4) is 0 Å². The van der Waals surface area contributed by atoms with Crippen LogP contribution in [0.5, 0.6) is 5.75 Å². The van der Waals surface area contributed by atoms with Crippen molar-refractivity contribution in [3.8, 4) is 16.9 Å². The van der Waals surface area contributed by atoms with Gasteiger partial charge in [-0.05, 0) is 42.7 Å². The van der Waals surface area contributed by atoms with E-state index < -0.39 is 12.4 Å². The molecule has 0 bridgehead atoms. The second kappa shape index (κ2) is 6.27. The van der Waals surface area contributed by atoms with Gasteiger partial charge < -0.3 is 10.1 Å². The summed E-state index contributed by atoms with van der Waals surface area (Å²) in [6, 6.07) is 11.8. The molecule has 1 aliphatic carbocycles. The van der Waals surface area contributed by atoms with Gasteiger partial charge in [-0.25, -0.2) is 4.39 Å². The van der Waals surface area contributed by atoms with Crippen LogP contribution in [0, 0.1) is 5.82 Å². The maximum atomic E-state index is 14.4. The van der Waals surface area contributed by atoms with Gasteiger partial charge in [0.1, 0.15) is 11.3 Å². The topological polar surface area (TPSA) is 34.1 Å². The summed E-state index contributed by atoms with van der Waals surface area (Å²) < 4.78 is 45.1. The molecule has 1 heterocycles. The number of hydrogen-bond acceptors (Lipinski definition) is 3. The van der Waals surface area contributed by atoms with Gasteiger partial charge in [-0.2, -0.15) is 8.78 Å². The van der Waals surface area contributed by atoms with Crippen LogP contribution >= 0.6 is 0 Å². The van der Waals surface area contributed by atoms with Crippen molar-refractivity contribution in [1.29, 1.82) is 0 Å². The van der Waals surface area contributed by atoms with E-state index in [1.165, 1.54) is 12.3 Å². The van der Waals surface area contributed by atoms with Crippen LogP contribution in [-0.2, 0) is 0 Å². The Morgan fingerprint density at radius 2 is 1.96 bits per heavy atom. The Morgan fingerprint density at radius 3 is 2.72 bits per heavy atom. The molecule has 1 saturated carbocycles. The molecule has 1 aliphatic rings. The molecular formula is C19H15F3N2O. The van der Waals surface area contributed by atoms with Crippen molar-refractivity contribution < 1.29 is 17.9 Å². The first-order chi connectivity index (χ1) is 12.1. The predicted octanol–water partition coefficient (Wildman–Crippen LogP) is 5.22. The summed E-state index contributed by atoms with van der Waals surface area (Å²) in [6.07, 6.45) is 3.50. The summed E-state index contributed by atoms with van der Waals surface area (Å²) in [5.41, 5.74) is 1.62. The number of rotatable bonds is 5. The van der Waals surface area contributed by atoms with Crippen LogP contribution in [0.15, 0.2) is 48.7 Å². The summed E-state index contributed by atoms with van der Waals surface area (Å²) in [5.74, 6) is -0.469. The van der Waals surface area contributed by atoms with E-state index >= 15 is 0 Å². The summed E-state index contributed by atoms with van der Waals surface area (Å²) in [5, 5.41) is 3.79. The fraction of sp³-hybridized carbons (Fsp3) is 0.211. The normalized spacial score (nSPS) is 14.1. The van der Waals surface area contributed by atoms with Crippen LogP contribution in [0.1, 0.15) is 12.8 Å². The quantitative estimate of drug-likeness (QED) is 0.689. The minimum absolute atomic E-state index is 0.0343. The molecule has 6 heteroatoms. The smallest absolute Gasteiger partial charge is 0.387 e. The molecule has 0 aliphatic heterocycles. The third kappa shape index (κ3) is 3.24. The van der Waals surface area contributed by atoms with E-state index in [1.54, 1.807) is 36.4 Å². The number of alkyl halides is 2. The van der Waals surface area contributed by atoms with Crippen molar-refractivity contribution in [1.82, 2.24) is 4.98 Å². The standard InChI is InChI=1S/C19H15F3N2O/c20-15-10-12(9-11-3-2-8-23-17(11)15)14-4-1-5-16(24-13-6-7-13)18(14)25-19(21)22/h1-5,8-10,13,19,24H,6-7H2. The molecule has 128 valence electrons. The number of nitrogens with one attached hydrogen (secondary N) is 1. The highest BCUT2D eigenvalue weighted by atomic mass is 19.3. The number of hydrogen-bond donors (Lipinski definition) is 1. The molecule has 0 unspecified atom stereocenters. The number of benzene rings is 2. The fourth-order valence-corrected chi connectivity index (χ4v) is 2.84. The summed E-state index contributed by atoms with van der Waals surface area (Å²) in [4.78, 5) is 4.01. The molecule has 1 fully saturated rings. The lowest BCUT2D eigenvalue weighted by Gasteiger charge is -2.17.